The lowest BCUT2D eigenvalue weighted by atomic mass is 10.2. The Balaban J connectivity index is 1.77. The summed E-state index contributed by atoms with van der Waals surface area (Å²) in [4.78, 5) is 12.1. The van der Waals surface area contributed by atoms with Crippen molar-refractivity contribution in [1.29, 1.82) is 0 Å². The first kappa shape index (κ1) is 19.6. The molecule has 0 fully saturated rings. The summed E-state index contributed by atoms with van der Waals surface area (Å²) in [7, 11) is 1.60. The van der Waals surface area contributed by atoms with Gasteiger partial charge in [0.25, 0.3) is 0 Å². The van der Waals surface area contributed by atoms with Gasteiger partial charge in [0, 0.05) is 23.5 Å². The van der Waals surface area contributed by atoms with Crippen LogP contribution in [0.4, 0.5) is 11.4 Å². The van der Waals surface area contributed by atoms with Crippen molar-refractivity contribution in [3.05, 3.63) is 48.5 Å². The second-order valence-corrected chi connectivity index (χ2v) is 6.07. The Morgan fingerprint density at radius 2 is 1.69 bits per heavy atom. The number of ether oxygens (including phenoxy) is 2. The Morgan fingerprint density at radius 3 is 2.46 bits per heavy atom. The summed E-state index contributed by atoms with van der Waals surface area (Å²) < 4.78 is 10.9. The number of rotatable bonds is 11. The van der Waals surface area contributed by atoms with Crippen molar-refractivity contribution in [2.75, 3.05) is 30.9 Å². The Bertz CT molecular complexity index is 688. The number of benzene rings is 2. The molecule has 1 amide bonds. The predicted molar refractivity (Wildman–Crippen MR) is 106 cm³/mol. The third-order valence-electron chi connectivity index (χ3n) is 3.91. The predicted octanol–water partition coefficient (Wildman–Crippen LogP) is 4.70. The fourth-order valence-corrected chi connectivity index (χ4v) is 2.50. The maximum Gasteiger partial charge on any atom is 0.243 e. The van der Waals surface area contributed by atoms with E-state index in [1.165, 1.54) is 19.3 Å². The minimum absolute atomic E-state index is 0.121. The van der Waals surface area contributed by atoms with Gasteiger partial charge in [0.1, 0.15) is 11.5 Å². The van der Waals surface area contributed by atoms with Crippen LogP contribution in [0.25, 0.3) is 0 Å². The van der Waals surface area contributed by atoms with Crippen molar-refractivity contribution in [2.45, 2.75) is 32.6 Å². The van der Waals surface area contributed by atoms with Crippen molar-refractivity contribution in [2.24, 2.45) is 0 Å². The van der Waals surface area contributed by atoms with Crippen LogP contribution < -0.4 is 20.1 Å². The minimum Gasteiger partial charge on any atom is -0.497 e. The van der Waals surface area contributed by atoms with Crippen molar-refractivity contribution in [1.82, 2.24) is 0 Å². The molecule has 140 valence electrons. The third-order valence-corrected chi connectivity index (χ3v) is 3.91. The molecule has 26 heavy (non-hydrogen) atoms. The molecule has 0 aliphatic carbocycles. The molecule has 2 N–H and O–H groups in total. The number of carbonyl (C=O) groups excluding carboxylic acids is 1. The summed E-state index contributed by atoms with van der Waals surface area (Å²) >= 11 is 0. The number of hydrogen-bond acceptors (Lipinski definition) is 4. The summed E-state index contributed by atoms with van der Waals surface area (Å²) in [6, 6.07) is 15.0. The molecule has 0 saturated heterocycles. The van der Waals surface area contributed by atoms with Gasteiger partial charge >= 0.3 is 0 Å². The molecule has 5 heteroatoms. The number of methoxy groups -OCH3 is 1. The number of hydrogen-bond donors (Lipinski definition) is 2. The van der Waals surface area contributed by atoms with E-state index in [1.54, 1.807) is 13.2 Å². The zero-order valence-corrected chi connectivity index (χ0v) is 15.6. The molecule has 0 bridgehead atoms. The average Bonchev–Trinajstić information content (AvgIpc) is 2.67. The maximum atomic E-state index is 12.1. The summed E-state index contributed by atoms with van der Waals surface area (Å²) in [5.74, 6) is 1.41. The second kappa shape index (κ2) is 11.0. The van der Waals surface area contributed by atoms with Gasteiger partial charge in [-0.3, -0.25) is 4.79 Å². The highest BCUT2D eigenvalue weighted by Crippen LogP contribution is 2.19. The molecule has 2 rings (SSSR count). The van der Waals surface area contributed by atoms with Crippen LogP contribution in [0.15, 0.2) is 48.5 Å². The van der Waals surface area contributed by atoms with Crippen LogP contribution in [0.1, 0.15) is 32.6 Å². The molecule has 0 heterocycles. The van der Waals surface area contributed by atoms with Crippen LogP contribution in [0, 0.1) is 0 Å². The highest BCUT2D eigenvalue weighted by atomic mass is 16.5. The third kappa shape index (κ3) is 7.05. The molecule has 0 spiro atoms. The van der Waals surface area contributed by atoms with Gasteiger partial charge in [0.2, 0.25) is 5.91 Å². The Labute approximate surface area is 155 Å². The average molecular weight is 356 g/mol. The molecule has 2 aromatic carbocycles. The van der Waals surface area contributed by atoms with Crippen molar-refractivity contribution in [3.63, 3.8) is 0 Å². The topological polar surface area (TPSA) is 59.6 Å². The van der Waals surface area contributed by atoms with Crippen LogP contribution in [0.5, 0.6) is 11.5 Å². The molecule has 0 radical (unpaired) electrons. The number of carbonyl (C=O) groups is 1. The fraction of sp³-hybridized carbons (Fsp3) is 0.381. The first-order chi connectivity index (χ1) is 12.7. The van der Waals surface area contributed by atoms with Crippen LogP contribution in [-0.4, -0.2) is 26.2 Å². The van der Waals surface area contributed by atoms with E-state index in [2.05, 4.69) is 17.6 Å². The van der Waals surface area contributed by atoms with Crippen LogP contribution in [0.2, 0.25) is 0 Å². The highest BCUT2D eigenvalue weighted by Gasteiger charge is 2.04. The van der Waals surface area contributed by atoms with E-state index in [-0.39, 0.29) is 12.5 Å². The highest BCUT2D eigenvalue weighted by molar-refractivity contribution is 5.93. The van der Waals surface area contributed by atoms with E-state index in [4.69, 9.17) is 9.47 Å². The standard InChI is InChI=1S/C21H28N2O3/c1-3-4-5-6-13-26-20-12-7-9-17(14-20)22-16-21(24)23-18-10-8-11-19(15-18)25-2/h7-12,14-15,22H,3-6,13,16H2,1-2H3,(H,23,24). The van der Waals surface area contributed by atoms with Crippen LogP contribution >= 0.6 is 0 Å². The Morgan fingerprint density at radius 1 is 0.962 bits per heavy atom. The minimum atomic E-state index is -0.121. The molecule has 0 aliphatic rings. The monoisotopic (exact) mass is 356 g/mol. The van der Waals surface area contributed by atoms with Gasteiger partial charge < -0.3 is 20.1 Å². The molecule has 5 nitrogen and oxygen atoms in total. The summed E-state index contributed by atoms with van der Waals surface area (Å²) in [6.45, 7) is 3.09. The smallest absolute Gasteiger partial charge is 0.243 e. The van der Waals surface area contributed by atoms with Crippen molar-refractivity contribution in [3.8, 4) is 11.5 Å². The first-order valence-corrected chi connectivity index (χ1v) is 9.12. The van der Waals surface area contributed by atoms with Gasteiger partial charge in [-0.15, -0.1) is 0 Å². The second-order valence-electron chi connectivity index (χ2n) is 6.07. The van der Waals surface area contributed by atoms with Gasteiger partial charge in [0.05, 0.1) is 20.3 Å². The Kier molecular flexibility index (Phi) is 8.33. The molecule has 2 aromatic rings. The molecule has 0 aromatic heterocycles. The first-order valence-electron chi connectivity index (χ1n) is 9.12. The Hall–Kier alpha value is -2.69. The molecule has 0 saturated carbocycles. The van der Waals surface area contributed by atoms with Gasteiger partial charge in [-0.05, 0) is 30.7 Å². The van der Waals surface area contributed by atoms with Gasteiger partial charge in [-0.1, -0.05) is 38.3 Å². The van der Waals surface area contributed by atoms with E-state index in [1.807, 2.05) is 42.5 Å². The molecule has 0 atom stereocenters. The van der Waals surface area contributed by atoms with Crippen molar-refractivity contribution >= 4 is 17.3 Å². The lowest BCUT2D eigenvalue weighted by molar-refractivity contribution is -0.114. The normalized spacial score (nSPS) is 10.2. The maximum absolute atomic E-state index is 12.1. The largest absolute Gasteiger partial charge is 0.497 e. The molecular weight excluding hydrogens is 328 g/mol. The van der Waals surface area contributed by atoms with Crippen LogP contribution in [0.3, 0.4) is 0 Å². The number of unbranched alkanes of at least 4 members (excludes halogenated alkanes) is 3. The van der Waals surface area contributed by atoms with E-state index in [9.17, 15) is 4.79 Å². The summed E-state index contributed by atoms with van der Waals surface area (Å²) in [6.07, 6.45) is 4.72. The van der Waals surface area contributed by atoms with E-state index >= 15 is 0 Å². The lowest BCUT2D eigenvalue weighted by Crippen LogP contribution is -2.21. The van der Waals surface area contributed by atoms with E-state index in [0.29, 0.717) is 11.4 Å². The fourth-order valence-electron chi connectivity index (χ4n) is 2.50. The summed E-state index contributed by atoms with van der Waals surface area (Å²) in [5, 5.41) is 5.96. The van der Waals surface area contributed by atoms with Crippen molar-refractivity contribution < 1.29 is 14.3 Å². The number of nitrogens with one attached hydrogen (secondary N) is 2. The zero-order chi connectivity index (χ0) is 18.6. The quantitative estimate of drug-likeness (QED) is 0.573. The zero-order valence-electron chi connectivity index (χ0n) is 15.6. The molecule has 0 aliphatic heterocycles. The van der Waals surface area contributed by atoms with E-state index < -0.39 is 0 Å². The van der Waals surface area contributed by atoms with Gasteiger partial charge in [-0.25, -0.2) is 0 Å². The van der Waals surface area contributed by atoms with Crippen LogP contribution in [-0.2, 0) is 4.79 Å². The number of amides is 1. The van der Waals surface area contributed by atoms with Gasteiger partial charge in [0.15, 0.2) is 0 Å². The summed E-state index contributed by atoms with van der Waals surface area (Å²) in [5.41, 5.74) is 1.57. The van der Waals surface area contributed by atoms with E-state index in [0.717, 1.165) is 24.5 Å². The lowest BCUT2D eigenvalue weighted by Gasteiger charge is -2.11. The molecule has 0 unspecified atom stereocenters. The number of anilines is 2. The SMILES string of the molecule is CCCCCCOc1cccc(NCC(=O)Nc2cccc(OC)c2)c1. The van der Waals surface area contributed by atoms with Gasteiger partial charge in [-0.2, -0.15) is 0 Å². The molecular formula is C21H28N2O3.